The SMILES string of the molecule is FC(F)(F)C1(NCc2cn[nH]c2-c2cccs2)CC1. The van der Waals surface area contributed by atoms with Crippen LogP contribution in [-0.2, 0) is 6.54 Å². The topological polar surface area (TPSA) is 40.7 Å². The monoisotopic (exact) mass is 287 g/mol. The van der Waals surface area contributed by atoms with E-state index in [0.29, 0.717) is 0 Å². The van der Waals surface area contributed by atoms with Crippen molar-refractivity contribution in [2.75, 3.05) is 0 Å². The van der Waals surface area contributed by atoms with Crippen LogP contribution >= 0.6 is 11.3 Å². The number of thiophene rings is 1. The molecule has 2 aromatic heterocycles. The summed E-state index contributed by atoms with van der Waals surface area (Å²) >= 11 is 1.53. The third-order valence-corrected chi connectivity index (χ3v) is 4.28. The molecule has 2 heterocycles. The van der Waals surface area contributed by atoms with Crippen molar-refractivity contribution >= 4 is 11.3 Å². The molecule has 7 heteroatoms. The highest BCUT2D eigenvalue weighted by Crippen LogP contribution is 2.49. The van der Waals surface area contributed by atoms with Crippen molar-refractivity contribution in [2.45, 2.75) is 31.1 Å². The predicted molar refractivity (Wildman–Crippen MR) is 66.8 cm³/mol. The summed E-state index contributed by atoms with van der Waals surface area (Å²) in [5, 5.41) is 11.3. The molecule has 0 spiro atoms. The molecule has 0 unspecified atom stereocenters. The Morgan fingerprint density at radius 2 is 2.21 bits per heavy atom. The van der Waals surface area contributed by atoms with E-state index in [9.17, 15) is 13.2 Å². The third-order valence-electron chi connectivity index (χ3n) is 3.40. The first-order chi connectivity index (χ1) is 9.02. The number of rotatable bonds is 4. The van der Waals surface area contributed by atoms with E-state index in [1.807, 2.05) is 17.5 Å². The number of aromatic amines is 1. The van der Waals surface area contributed by atoms with Crippen LogP contribution in [0.25, 0.3) is 10.6 Å². The van der Waals surface area contributed by atoms with E-state index < -0.39 is 11.7 Å². The summed E-state index contributed by atoms with van der Waals surface area (Å²) < 4.78 is 38.4. The molecule has 1 aliphatic rings. The smallest absolute Gasteiger partial charge is 0.299 e. The number of nitrogens with zero attached hydrogens (tertiary/aromatic N) is 1. The molecule has 0 amide bonds. The Hall–Kier alpha value is -1.34. The van der Waals surface area contributed by atoms with Gasteiger partial charge in [0, 0.05) is 12.1 Å². The highest BCUT2D eigenvalue weighted by atomic mass is 32.1. The molecule has 2 aromatic rings. The van der Waals surface area contributed by atoms with Crippen molar-refractivity contribution in [2.24, 2.45) is 0 Å². The maximum Gasteiger partial charge on any atom is 0.406 e. The molecule has 1 fully saturated rings. The number of nitrogens with one attached hydrogen (secondary N) is 2. The van der Waals surface area contributed by atoms with Crippen LogP contribution in [0, 0.1) is 0 Å². The molecule has 3 rings (SSSR count). The minimum absolute atomic E-state index is 0.155. The van der Waals surface area contributed by atoms with Crippen molar-refractivity contribution in [3.8, 4) is 10.6 Å². The maximum absolute atomic E-state index is 12.8. The molecule has 102 valence electrons. The Labute approximate surface area is 111 Å². The molecule has 1 saturated carbocycles. The lowest BCUT2D eigenvalue weighted by Gasteiger charge is -2.20. The van der Waals surface area contributed by atoms with E-state index in [0.717, 1.165) is 16.1 Å². The first-order valence-corrected chi connectivity index (χ1v) is 6.78. The van der Waals surface area contributed by atoms with E-state index in [1.54, 1.807) is 6.20 Å². The molecule has 0 bridgehead atoms. The quantitative estimate of drug-likeness (QED) is 0.905. The third kappa shape index (κ3) is 2.28. The largest absolute Gasteiger partial charge is 0.406 e. The van der Waals surface area contributed by atoms with Gasteiger partial charge in [-0.25, -0.2) is 0 Å². The summed E-state index contributed by atoms with van der Waals surface area (Å²) in [6, 6.07) is 3.81. The number of H-pyrrole nitrogens is 1. The Kier molecular flexibility index (Phi) is 2.90. The van der Waals surface area contributed by atoms with Gasteiger partial charge in [-0.3, -0.25) is 10.4 Å². The molecule has 2 N–H and O–H groups in total. The van der Waals surface area contributed by atoms with Gasteiger partial charge in [0.15, 0.2) is 0 Å². The van der Waals surface area contributed by atoms with Gasteiger partial charge in [-0.05, 0) is 24.3 Å². The summed E-state index contributed by atoms with van der Waals surface area (Å²) in [7, 11) is 0. The molecule has 0 aliphatic heterocycles. The molecule has 1 aliphatic carbocycles. The van der Waals surface area contributed by atoms with Crippen LogP contribution in [0.5, 0.6) is 0 Å². The van der Waals surface area contributed by atoms with Crippen molar-refractivity contribution in [3.05, 3.63) is 29.3 Å². The first kappa shape index (κ1) is 12.7. The summed E-state index contributed by atoms with van der Waals surface area (Å²) in [5.41, 5.74) is -0.129. The Morgan fingerprint density at radius 1 is 1.42 bits per heavy atom. The minimum Gasteiger partial charge on any atom is -0.299 e. The summed E-state index contributed by atoms with van der Waals surface area (Å²) in [6.45, 7) is 0.170. The van der Waals surface area contributed by atoms with Gasteiger partial charge in [-0.15, -0.1) is 11.3 Å². The zero-order chi connectivity index (χ0) is 13.5. The second-order valence-electron chi connectivity index (χ2n) is 4.68. The van der Waals surface area contributed by atoms with Crippen LogP contribution in [0.3, 0.4) is 0 Å². The predicted octanol–water partition coefficient (Wildman–Crippen LogP) is 3.32. The average Bonchev–Trinajstić information content (AvgIpc) is 2.78. The second kappa shape index (κ2) is 4.35. The van der Waals surface area contributed by atoms with E-state index >= 15 is 0 Å². The van der Waals surface area contributed by atoms with Crippen LogP contribution in [0.2, 0.25) is 0 Å². The number of hydrogen-bond acceptors (Lipinski definition) is 3. The number of alkyl halides is 3. The zero-order valence-corrected chi connectivity index (χ0v) is 10.7. The highest BCUT2D eigenvalue weighted by Gasteiger charge is 2.62. The number of hydrogen-bond donors (Lipinski definition) is 2. The molecule has 3 nitrogen and oxygen atoms in total. The average molecular weight is 287 g/mol. The van der Waals surface area contributed by atoms with Gasteiger partial charge in [0.05, 0.1) is 16.8 Å². The van der Waals surface area contributed by atoms with Crippen LogP contribution in [0.4, 0.5) is 13.2 Å². The first-order valence-electron chi connectivity index (χ1n) is 5.90. The molecular weight excluding hydrogens is 275 g/mol. The van der Waals surface area contributed by atoms with Gasteiger partial charge in [0.1, 0.15) is 5.54 Å². The number of halogens is 3. The van der Waals surface area contributed by atoms with Crippen LogP contribution < -0.4 is 5.32 Å². The summed E-state index contributed by atoms with van der Waals surface area (Å²) in [5.74, 6) is 0. The normalized spacial score (nSPS) is 17.6. The molecular formula is C12H12F3N3S. The Balaban J connectivity index is 1.74. The van der Waals surface area contributed by atoms with Crippen LogP contribution in [0.15, 0.2) is 23.7 Å². The summed E-state index contributed by atoms with van der Waals surface area (Å²) in [6.07, 6.45) is -2.29. The van der Waals surface area contributed by atoms with Gasteiger partial charge in [-0.1, -0.05) is 6.07 Å². The molecule has 0 aromatic carbocycles. The lowest BCUT2D eigenvalue weighted by atomic mass is 10.2. The maximum atomic E-state index is 12.8. The van der Waals surface area contributed by atoms with Crippen LogP contribution in [0.1, 0.15) is 18.4 Å². The molecule has 0 saturated heterocycles. The van der Waals surface area contributed by atoms with Crippen molar-refractivity contribution in [3.63, 3.8) is 0 Å². The minimum atomic E-state index is -4.18. The zero-order valence-electron chi connectivity index (χ0n) is 9.92. The second-order valence-corrected chi connectivity index (χ2v) is 5.63. The van der Waals surface area contributed by atoms with E-state index in [-0.39, 0.29) is 19.4 Å². The van der Waals surface area contributed by atoms with Gasteiger partial charge < -0.3 is 0 Å². The number of aromatic nitrogens is 2. The van der Waals surface area contributed by atoms with Crippen molar-refractivity contribution in [1.82, 2.24) is 15.5 Å². The molecule has 0 atom stereocenters. The standard InChI is InChI=1S/C12H12F3N3S/c13-12(14,15)11(3-4-11)16-6-8-7-17-18-10(8)9-2-1-5-19-9/h1-2,5,7,16H,3-4,6H2,(H,17,18). The molecule has 19 heavy (non-hydrogen) atoms. The lowest BCUT2D eigenvalue weighted by molar-refractivity contribution is -0.166. The van der Waals surface area contributed by atoms with Gasteiger partial charge in [0.25, 0.3) is 0 Å². The highest BCUT2D eigenvalue weighted by molar-refractivity contribution is 7.13. The fourth-order valence-electron chi connectivity index (χ4n) is 2.03. The van der Waals surface area contributed by atoms with Crippen LogP contribution in [-0.4, -0.2) is 21.9 Å². The van der Waals surface area contributed by atoms with Gasteiger partial charge in [0.2, 0.25) is 0 Å². The van der Waals surface area contributed by atoms with Gasteiger partial charge in [-0.2, -0.15) is 18.3 Å². The molecule has 0 radical (unpaired) electrons. The van der Waals surface area contributed by atoms with E-state index in [2.05, 4.69) is 15.5 Å². The Morgan fingerprint density at radius 3 is 2.79 bits per heavy atom. The van der Waals surface area contributed by atoms with E-state index in [1.165, 1.54) is 11.3 Å². The fraction of sp³-hybridized carbons (Fsp3) is 0.417. The lowest BCUT2D eigenvalue weighted by Crippen LogP contribution is -2.44. The van der Waals surface area contributed by atoms with Crippen molar-refractivity contribution in [1.29, 1.82) is 0 Å². The Bertz CT molecular complexity index is 555. The fourth-order valence-corrected chi connectivity index (χ4v) is 2.78. The van der Waals surface area contributed by atoms with Crippen molar-refractivity contribution < 1.29 is 13.2 Å². The summed E-state index contributed by atoms with van der Waals surface area (Å²) in [4.78, 5) is 0.978. The van der Waals surface area contributed by atoms with E-state index in [4.69, 9.17) is 0 Å². The van der Waals surface area contributed by atoms with Gasteiger partial charge >= 0.3 is 6.18 Å².